The summed E-state index contributed by atoms with van der Waals surface area (Å²) in [6.07, 6.45) is 5.95. The van der Waals surface area contributed by atoms with Gasteiger partial charge >= 0.3 is 0 Å². The fourth-order valence-electron chi connectivity index (χ4n) is 9.16. The number of aromatic nitrogens is 3. The Bertz CT molecular complexity index is 2250. The van der Waals surface area contributed by atoms with Crippen molar-refractivity contribution in [3.05, 3.63) is 89.7 Å². The fourth-order valence-corrected chi connectivity index (χ4v) is 9.16. The third-order valence-corrected chi connectivity index (χ3v) is 12.8. The van der Waals surface area contributed by atoms with Crippen LogP contribution in [0.4, 0.5) is 5.82 Å². The van der Waals surface area contributed by atoms with E-state index in [9.17, 15) is 24.0 Å². The summed E-state index contributed by atoms with van der Waals surface area (Å²) in [6, 6.07) is 20.8. The van der Waals surface area contributed by atoms with Crippen LogP contribution in [-0.4, -0.2) is 136 Å². The second-order valence-corrected chi connectivity index (χ2v) is 16.9. The summed E-state index contributed by atoms with van der Waals surface area (Å²) in [5.74, 6) is 1.12. The lowest BCUT2D eigenvalue weighted by Crippen LogP contribution is -2.50. The number of nitrogens with zero attached hydrogens (tertiary/aromatic N) is 7. The molecule has 6 heterocycles. The number of imide groups is 1. The third-order valence-electron chi connectivity index (χ3n) is 12.8. The molecule has 4 N–H and O–H groups in total. The zero-order valence-corrected chi connectivity index (χ0v) is 35.3. The van der Waals surface area contributed by atoms with Crippen molar-refractivity contribution in [3.8, 4) is 22.8 Å². The van der Waals surface area contributed by atoms with Gasteiger partial charge in [-0.15, -0.1) is 0 Å². The van der Waals surface area contributed by atoms with Crippen LogP contribution in [0.3, 0.4) is 0 Å². The highest BCUT2D eigenvalue weighted by molar-refractivity contribution is 6.04. The highest BCUT2D eigenvalue weighted by atomic mass is 16.5. The summed E-state index contributed by atoms with van der Waals surface area (Å²) < 4.78 is 7.93. The van der Waals surface area contributed by atoms with Crippen LogP contribution in [0.25, 0.3) is 11.3 Å². The van der Waals surface area contributed by atoms with Gasteiger partial charge in [0.1, 0.15) is 34.3 Å². The predicted octanol–water partition coefficient (Wildman–Crippen LogP) is 3.81. The van der Waals surface area contributed by atoms with Gasteiger partial charge in [-0.2, -0.15) is 5.10 Å². The van der Waals surface area contributed by atoms with Crippen molar-refractivity contribution in [3.63, 3.8) is 0 Å². The van der Waals surface area contributed by atoms with E-state index in [4.69, 9.17) is 15.6 Å². The summed E-state index contributed by atoms with van der Waals surface area (Å²) in [4.78, 5) is 76.0. The highest BCUT2D eigenvalue weighted by Gasteiger charge is 2.36. The largest absolute Gasteiger partial charge is 0.457 e. The van der Waals surface area contributed by atoms with Gasteiger partial charge in [-0.25, -0.2) is 4.68 Å². The molecule has 4 aliphatic rings. The van der Waals surface area contributed by atoms with Crippen molar-refractivity contribution >= 4 is 35.4 Å². The number of rotatable bonds is 14. The Balaban J connectivity index is 0.767. The second kappa shape index (κ2) is 19.3. The number of likely N-dealkylation sites (N-methyl/N-ethyl adjacent to an activating group) is 1. The van der Waals surface area contributed by atoms with Gasteiger partial charge in [0.25, 0.3) is 11.8 Å². The van der Waals surface area contributed by atoms with Gasteiger partial charge in [-0.3, -0.25) is 39.2 Å². The van der Waals surface area contributed by atoms with Crippen LogP contribution in [0.15, 0.2) is 72.9 Å². The summed E-state index contributed by atoms with van der Waals surface area (Å²) in [7, 11) is 2.05. The molecule has 16 nitrogen and oxygen atoms in total. The number of likely N-dealkylation sites (tertiary alicyclic amines) is 1. The van der Waals surface area contributed by atoms with Crippen LogP contribution in [0.2, 0.25) is 0 Å². The summed E-state index contributed by atoms with van der Waals surface area (Å²) in [5.41, 5.74) is 8.91. The van der Waals surface area contributed by atoms with E-state index in [1.807, 2.05) is 82.2 Å². The van der Waals surface area contributed by atoms with Crippen molar-refractivity contribution in [2.75, 3.05) is 77.8 Å². The number of nitrogens with two attached hydrogens (primary N) is 1. The number of amides is 5. The number of hydrogen-bond acceptors (Lipinski definition) is 11. The van der Waals surface area contributed by atoms with Crippen LogP contribution >= 0.6 is 0 Å². The van der Waals surface area contributed by atoms with Crippen LogP contribution < -0.4 is 21.1 Å². The lowest BCUT2D eigenvalue weighted by molar-refractivity contribution is -0.136. The monoisotopic (exact) mass is 844 g/mol. The van der Waals surface area contributed by atoms with E-state index in [-0.39, 0.29) is 35.6 Å². The van der Waals surface area contributed by atoms with Crippen molar-refractivity contribution in [2.45, 2.75) is 51.0 Å². The number of hydrogen-bond donors (Lipinski definition) is 3. The number of benzene rings is 2. The molecule has 0 aliphatic carbocycles. The summed E-state index contributed by atoms with van der Waals surface area (Å²) in [5, 5.41) is 10.8. The first-order valence-electron chi connectivity index (χ1n) is 21.9. The van der Waals surface area contributed by atoms with E-state index in [0.717, 1.165) is 62.3 Å². The Morgan fingerprint density at radius 1 is 0.871 bits per heavy atom. The molecule has 4 aliphatic heterocycles. The predicted molar refractivity (Wildman–Crippen MR) is 232 cm³/mol. The first-order valence-corrected chi connectivity index (χ1v) is 21.9. The molecule has 0 spiro atoms. The topological polar surface area (TPSA) is 188 Å². The first kappa shape index (κ1) is 42.6. The van der Waals surface area contributed by atoms with E-state index < -0.39 is 5.91 Å². The number of carbonyl (C=O) groups is 5. The van der Waals surface area contributed by atoms with Crippen LogP contribution in [-0.2, 0) is 20.8 Å². The Morgan fingerprint density at radius 3 is 2.34 bits per heavy atom. The standard InChI is InChI=1S/C46H56N10O6/c1-52(23-24-53-25-27-55(28-26-53)46(61)37-30-31(13-18-48-37)29-34-9-12-39(57)50-45(34)60)20-17-40(58)54-21-15-32(16-22-54)38-14-19-49-44-41(43(47)59)42(51-56(38)44)33-7-10-36(11-8-33)62-35-5-3-2-4-6-35/h2-8,10-11,13,18,30,32,34,38,49H,9,12,14-17,19-29H2,1H3,(H2,47,59)(H,50,57,60)/t34?,38-/m0/s1. The van der Waals surface area contributed by atoms with Crippen molar-refractivity contribution in [1.82, 2.24) is 39.7 Å². The minimum atomic E-state index is -0.527. The van der Waals surface area contributed by atoms with E-state index in [1.165, 1.54) is 0 Å². The lowest BCUT2D eigenvalue weighted by atomic mass is 9.86. The molecule has 62 heavy (non-hydrogen) atoms. The van der Waals surface area contributed by atoms with Gasteiger partial charge < -0.3 is 30.5 Å². The van der Waals surface area contributed by atoms with Gasteiger partial charge in [0, 0.05) is 96.0 Å². The van der Waals surface area contributed by atoms with Gasteiger partial charge in [-0.1, -0.05) is 18.2 Å². The number of nitrogens with one attached hydrogen (secondary N) is 2. The number of para-hydroxylation sites is 1. The Hall–Kier alpha value is -6.13. The van der Waals surface area contributed by atoms with Crippen molar-refractivity contribution in [2.24, 2.45) is 17.6 Å². The number of piperidine rings is 2. The summed E-state index contributed by atoms with van der Waals surface area (Å²) in [6.45, 7) is 7.12. The molecule has 8 rings (SSSR count). The molecule has 2 aromatic heterocycles. The first-order chi connectivity index (χ1) is 30.1. The molecule has 3 fully saturated rings. The molecule has 0 saturated carbocycles. The van der Waals surface area contributed by atoms with Crippen LogP contribution in [0.1, 0.15) is 71.0 Å². The number of piperazine rings is 1. The Labute approximate surface area is 361 Å². The minimum Gasteiger partial charge on any atom is -0.457 e. The molecular formula is C46H56N10O6. The molecule has 0 radical (unpaired) electrons. The van der Waals surface area contributed by atoms with Gasteiger partial charge in [0.15, 0.2) is 0 Å². The molecule has 1 unspecified atom stereocenters. The number of pyridine rings is 1. The Kier molecular flexibility index (Phi) is 13.2. The maximum atomic E-state index is 13.4. The molecule has 2 aromatic carbocycles. The molecule has 0 bridgehead atoms. The quantitative estimate of drug-likeness (QED) is 0.157. The lowest BCUT2D eigenvalue weighted by Gasteiger charge is -2.38. The molecular weight excluding hydrogens is 789 g/mol. The van der Waals surface area contributed by atoms with Gasteiger partial charge in [-0.05, 0) is 99.2 Å². The molecule has 326 valence electrons. The molecule has 4 aromatic rings. The van der Waals surface area contributed by atoms with E-state index in [1.54, 1.807) is 12.3 Å². The molecule has 3 saturated heterocycles. The average Bonchev–Trinajstić information content (AvgIpc) is 3.70. The number of anilines is 1. The number of fused-ring (bicyclic) bond motifs is 1. The summed E-state index contributed by atoms with van der Waals surface area (Å²) >= 11 is 0. The number of ether oxygens (including phenoxy) is 1. The van der Waals surface area contributed by atoms with E-state index in [2.05, 4.69) is 25.4 Å². The molecule has 5 amide bonds. The highest BCUT2D eigenvalue weighted by Crippen LogP contribution is 2.40. The zero-order chi connectivity index (χ0) is 43.2. The van der Waals surface area contributed by atoms with Gasteiger partial charge in [0.2, 0.25) is 17.7 Å². The third kappa shape index (κ3) is 9.97. The van der Waals surface area contributed by atoms with Crippen LogP contribution in [0, 0.1) is 11.8 Å². The smallest absolute Gasteiger partial charge is 0.272 e. The maximum absolute atomic E-state index is 13.4. The van der Waals surface area contributed by atoms with Crippen molar-refractivity contribution < 1.29 is 28.7 Å². The fraction of sp³-hybridized carbons (Fsp3) is 0.457. The SMILES string of the molecule is CN(CCC(=O)N1CCC([C@@H]2CCNc3c(C(N)=O)c(-c4ccc(Oc5ccccc5)cc4)nn32)CC1)CCN1CCN(C(=O)c2cc(CC3CCC(=O)NC3=O)ccn2)CC1. The molecule has 2 atom stereocenters. The minimum absolute atomic E-state index is 0.0851. The second-order valence-electron chi connectivity index (χ2n) is 16.9. The maximum Gasteiger partial charge on any atom is 0.272 e. The van der Waals surface area contributed by atoms with Gasteiger partial charge in [0.05, 0.1) is 6.04 Å². The van der Waals surface area contributed by atoms with E-state index >= 15 is 0 Å². The number of carbonyl (C=O) groups excluding carboxylic acids is 5. The normalized spacial score (nSPS) is 19.8. The Morgan fingerprint density at radius 2 is 1.61 bits per heavy atom. The zero-order valence-electron chi connectivity index (χ0n) is 35.3. The number of primary amides is 1. The van der Waals surface area contributed by atoms with Crippen LogP contribution in [0.5, 0.6) is 11.5 Å². The van der Waals surface area contributed by atoms with E-state index in [0.29, 0.717) is 99.4 Å². The van der Waals surface area contributed by atoms with Crippen molar-refractivity contribution in [1.29, 1.82) is 0 Å². The average molecular weight is 845 g/mol. The molecule has 16 heteroatoms.